The lowest BCUT2D eigenvalue weighted by atomic mass is 9.79. The molecule has 1 aromatic heterocycles. The average molecular weight is 381 g/mol. The molecular formula is C21H21BrN2. The van der Waals surface area contributed by atoms with Gasteiger partial charge in [-0.05, 0) is 44.1 Å². The van der Waals surface area contributed by atoms with E-state index >= 15 is 0 Å². The molecule has 0 saturated heterocycles. The van der Waals surface area contributed by atoms with Crippen LogP contribution in [0.2, 0.25) is 0 Å². The predicted molar refractivity (Wildman–Crippen MR) is 99.9 cm³/mol. The molecule has 7 aliphatic rings. The molecule has 1 aromatic rings. The normalized spacial score (nSPS) is 36.9. The molecule has 1 spiro atoms. The van der Waals surface area contributed by atoms with E-state index in [1.54, 1.807) is 5.57 Å². The van der Waals surface area contributed by atoms with Crippen molar-refractivity contribution in [2.75, 3.05) is 0 Å². The van der Waals surface area contributed by atoms with Crippen molar-refractivity contribution in [3.8, 4) is 0 Å². The van der Waals surface area contributed by atoms with E-state index in [9.17, 15) is 0 Å². The van der Waals surface area contributed by atoms with Crippen LogP contribution in [-0.2, 0) is 0 Å². The second kappa shape index (κ2) is 5.52. The Balaban J connectivity index is 1.51. The molecule has 24 heavy (non-hydrogen) atoms. The van der Waals surface area contributed by atoms with Crippen molar-refractivity contribution in [2.45, 2.75) is 42.8 Å². The molecule has 7 aliphatic carbocycles. The predicted octanol–water partition coefficient (Wildman–Crippen LogP) is 5.27. The summed E-state index contributed by atoms with van der Waals surface area (Å²) in [7, 11) is 0. The third-order valence-electron chi connectivity index (χ3n) is 6.24. The highest BCUT2D eigenvalue weighted by Crippen LogP contribution is 2.63. The minimum Gasteiger partial charge on any atom is -0.241 e. The smallest absolute Gasteiger partial charge is 0.135 e. The van der Waals surface area contributed by atoms with E-state index in [2.05, 4.69) is 56.3 Å². The molecule has 4 unspecified atom stereocenters. The van der Waals surface area contributed by atoms with Gasteiger partial charge < -0.3 is 0 Å². The number of alkyl halides is 1. The Morgan fingerprint density at radius 3 is 2.79 bits per heavy atom. The summed E-state index contributed by atoms with van der Waals surface area (Å²) in [6.45, 7) is 0. The van der Waals surface area contributed by atoms with Gasteiger partial charge in [0.25, 0.3) is 0 Å². The summed E-state index contributed by atoms with van der Waals surface area (Å²) in [6.07, 6.45) is 21.7. The quantitative estimate of drug-likeness (QED) is 0.620. The largest absolute Gasteiger partial charge is 0.241 e. The van der Waals surface area contributed by atoms with Crippen LogP contribution >= 0.6 is 15.9 Å². The van der Waals surface area contributed by atoms with E-state index in [0.717, 1.165) is 31.0 Å². The Kier molecular flexibility index (Phi) is 3.41. The topological polar surface area (TPSA) is 25.8 Å². The number of hydrogen-bond donors (Lipinski definition) is 0. The van der Waals surface area contributed by atoms with Crippen molar-refractivity contribution < 1.29 is 0 Å². The lowest BCUT2D eigenvalue weighted by Crippen LogP contribution is -2.19. The summed E-state index contributed by atoms with van der Waals surface area (Å²) >= 11 is 3.95. The van der Waals surface area contributed by atoms with Crippen molar-refractivity contribution in [3.63, 3.8) is 0 Å². The monoisotopic (exact) mass is 380 g/mol. The zero-order valence-electron chi connectivity index (χ0n) is 13.7. The van der Waals surface area contributed by atoms with Gasteiger partial charge in [-0.3, -0.25) is 0 Å². The Labute approximate surface area is 151 Å². The van der Waals surface area contributed by atoms with Crippen molar-refractivity contribution in [3.05, 3.63) is 71.4 Å². The summed E-state index contributed by atoms with van der Waals surface area (Å²) in [5, 5.41) is 0. The maximum absolute atomic E-state index is 4.56. The number of hydrogen-bond acceptors (Lipinski definition) is 2. The molecule has 0 N–H and O–H groups in total. The maximum atomic E-state index is 4.56. The van der Waals surface area contributed by atoms with Gasteiger partial charge in [0.2, 0.25) is 0 Å². The number of halogens is 1. The van der Waals surface area contributed by atoms with Crippen LogP contribution in [0.25, 0.3) is 0 Å². The van der Waals surface area contributed by atoms with Crippen LogP contribution in [0, 0.1) is 11.3 Å². The third kappa shape index (κ3) is 2.36. The first-order valence-electron chi connectivity index (χ1n) is 8.94. The molecule has 1 saturated carbocycles. The molecule has 4 bridgehead atoms. The zero-order valence-corrected chi connectivity index (χ0v) is 15.2. The van der Waals surface area contributed by atoms with Crippen LogP contribution in [-0.4, -0.2) is 14.8 Å². The van der Waals surface area contributed by atoms with E-state index in [1.807, 2.05) is 18.5 Å². The standard InChI is InChI=1S/C21H21BrN2/c22-19-12-14-2-4-16-5-3-15(10-17-13-21(17,19)7-6-14)11-18(16)20-23-8-1-9-24-20/h1,3,5-9,12,17-19H,2,4,10-11,13H2. The number of allylic oxidation sites excluding steroid dienone is 8. The fourth-order valence-corrected chi connectivity index (χ4v) is 5.71. The van der Waals surface area contributed by atoms with Crippen molar-refractivity contribution >= 4 is 15.9 Å². The van der Waals surface area contributed by atoms with Gasteiger partial charge in [-0.25, -0.2) is 9.97 Å². The van der Waals surface area contributed by atoms with E-state index < -0.39 is 0 Å². The van der Waals surface area contributed by atoms with Crippen LogP contribution in [0.5, 0.6) is 0 Å². The van der Waals surface area contributed by atoms with Crippen molar-refractivity contribution in [1.82, 2.24) is 9.97 Å². The average Bonchev–Trinajstić information content (AvgIpc) is 3.29. The second-order valence-electron chi connectivity index (χ2n) is 7.62. The molecule has 0 amide bonds. The maximum Gasteiger partial charge on any atom is 0.135 e. The zero-order chi connectivity index (χ0) is 16.1. The first-order chi connectivity index (χ1) is 11.7. The van der Waals surface area contributed by atoms with Gasteiger partial charge in [0.1, 0.15) is 5.82 Å². The summed E-state index contributed by atoms with van der Waals surface area (Å²) in [5.41, 5.74) is 4.89. The first-order valence-corrected chi connectivity index (χ1v) is 9.85. The summed E-state index contributed by atoms with van der Waals surface area (Å²) in [6, 6.07) is 1.91. The molecule has 8 rings (SSSR count). The summed E-state index contributed by atoms with van der Waals surface area (Å²) < 4.78 is 0. The van der Waals surface area contributed by atoms with Crippen LogP contribution in [0.15, 0.2) is 65.6 Å². The summed E-state index contributed by atoms with van der Waals surface area (Å²) in [4.78, 5) is 9.63. The van der Waals surface area contributed by atoms with Gasteiger partial charge in [-0.2, -0.15) is 0 Å². The van der Waals surface area contributed by atoms with Crippen LogP contribution in [0.3, 0.4) is 0 Å². The molecule has 0 aromatic carbocycles. The molecule has 2 nitrogen and oxygen atoms in total. The number of rotatable bonds is 1. The van der Waals surface area contributed by atoms with Gasteiger partial charge in [-0.1, -0.05) is 63.0 Å². The fourth-order valence-electron chi connectivity index (χ4n) is 4.66. The Morgan fingerprint density at radius 1 is 1.08 bits per heavy atom. The van der Waals surface area contributed by atoms with Gasteiger partial charge in [0.15, 0.2) is 0 Å². The highest BCUT2D eigenvalue weighted by atomic mass is 79.9. The first kappa shape index (κ1) is 14.8. The third-order valence-corrected chi connectivity index (χ3v) is 7.35. The molecular weight excluding hydrogens is 360 g/mol. The number of nitrogens with zero attached hydrogens (tertiary/aromatic N) is 2. The Hall–Kier alpha value is -1.48. The van der Waals surface area contributed by atoms with Crippen LogP contribution < -0.4 is 0 Å². The highest BCUT2D eigenvalue weighted by molar-refractivity contribution is 9.09. The van der Waals surface area contributed by atoms with Gasteiger partial charge in [-0.15, -0.1) is 0 Å². The molecule has 0 radical (unpaired) electrons. The Morgan fingerprint density at radius 2 is 1.96 bits per heavy atom. The van der Waals surface area contributed by atoms with Gasteiger partial charge in [0, 0.05) is 28.6 Å². The molecule has 1 heterocycles. The molecule has 122 valence electrons. The molecule has 3 heteroatoms. The second-order valence-corrected chi connectivity index (χ2v) is 8.61. The van der Waals surface area contributed by atoms with Gasteiger partial charge in [0.05, 0.1) is 0 Å². The lowest BCUT2D eigenvalue weighted by Gasteiger charge is -2.28. The van der Waals surface area contributed by atoms with E-state index in [0.29, 0.717) is 16.2 Å². The summed E-state index contributed by atoms with van der Waals surface area (Å²) in [5.74, 6) is 2.13. The highest BCUT2D eigenvalue weighted by Gasteiger charge is 2.56. The Bertz CT molecular complexity index is 789. The minimum atomic E-state index is 0.364. The van der Waals surface area contributed by atoms with E-state index in [1.165, 1.54) is 24.0 Å². The molecule has 0 aliphatic heterocycles. The SMILES string of the molecule is BrC1C=C2C=CC13CC3CC1=CC=C(CC2)C(c2ncccn2)C1. The van der Waals surface area contributed by atoms with E-state index in [4.69, 9.17) is 0 Å². The molecule has 4 atom stereocenters. The van der Waals surface area contributed by atoms with Crippen molar-refractivity contribution in [2.24, 2.45) is 11.3 Å². The number of aromatic nitrogens is 2. The fraction of sp³-hybridized carbons (Fsp3) is 0.429. The lowest BCUT2D eigenvalue weighted by molar-refractivity contribution is 0.554. The van der Waals surface area contributed by atoms with Gasteiger partial charge >= 0.3 is 0 Å². The van der Waals surface area contributed by atoms with Crippen LogP contribution in [0.4, 0.5) is 0 Å². The van der Waals surface area contributed by atoms with E-state index in [-0.39, 0.29) is 0 Å². The van der Waals surface area contributed by atoms with Crippen LogP contribution in [0.1, 0.15) is 43.8 Å². The molecule has 1 fully saturated rings. The van der Waals surface area contributed by atoms with Crippen molar-refractivity contribution in [1.29, 1.82) is 0 Å². The minimum absolute atomic E-state index is 0.364.